The molecule has 12 N–H and O–H groups in total. The Labute approximate surface area is 643 Å². The molecule has 3 aliphatic rings. The Kier molecular flexibility index (Phi) is 62.2. The maximum atomic E-state index is 13.5. The highest BCUT2D eigenvalue weighted by molar-refractivity contribution is 5.76. The first kappa shape index (κ1) is 97.9. The minimum absolute atomic E-state index is 0.238. The number of carbonyl (C=O) groups excluding carboxylic acids is 1. The molecule has 0 spiro atoms. The first-order chi connectivity index (χ1) is 51.8. The van der Waals surface area contributed by atoms with Gasteiger partial charge in [-0.15, -0.1) is 0 Å². The zero-order chi connectivity index (χ0) is 76.7. The average Bonchev–Trinajstić information content (AvgIpc) is 0.781. The third-order valence-electron chi connectivity index (χ3n) is 21.8. The van der Waals surface area contributed by atoms with Crippen molar-refractivity contribution in [2.45, 2.75) is 471 Å². The minimum Gasteiger partial charge on any atom is -0.394 e. The summed E-state index contributed by atoms with van der Waals surface area (Å²) in [5.41, 5.74) is 0. The lowest BCUT2D eigenvalue weighted by atomic mass is 9.96. The molecule has 3 saturated heterocycles. The van der Waals surface area contributed by atoms with Gasteiger partial charge in [0.1, 0.15) is 73.2 Å². The van der Waals surface area contributed by atoms with Gasteiger partial charge in [-0.3, -0.25) is 4.79 Å². The van der Waals surface area contributed by atoms with Gasteiger partial charge in [0, 0.05) is 6.42 Å². The number of hydrogen-bond acceptors (Lipinski definition) is 18. The largest absolute Gasteiger partial charge is 0.394 e. The van der Waals surface area contributed by atoms with Crippen molar-refractivity contribution in [3.63, 3.8) is 0 Å². The summed E-state index contributed by atoms with van der Waals surface area (Å²) in [6.07, 6.45) is 59.8. The van der Waals surface area contributed by atoms with E-state index in [9.17, 15) is 61.0 Å². The summed E-state index contributed by atoms with van der Waals surface area (Å²) in [7, 11) is 0. The van der Waals surface area contributed by atoms with Crippen LogP contribution in [0.4, 0.5) is 0 Å². The van der Waals surface area contributed by atoms with Crippen LogP contribution in [0.1, 0.15) is 367 Å². The fourth-order valence-corrected chi connectivity index (χ4v) is 14.8. The van der Waals surface area contributed by atoms with Crippen molar-refractivity contribution in [2.75, 3.05) is 26.4 Å². The predicted octanol–water partition coefficient (Wildman–Crippen LogP) is 16.0. The molecule has 3 rings (SSSR count). The van der Waals surface area contributed by atoms with Gasteiger partial charge in [0.05, 0.1) is 38.6 Å². The van der Waals surface area contributed by atoms with Crippen molar-refractivity contribution in [3.05, 3.63) is 48.6 Å². The molecule has 0 radical (unpaired) electrons. The van der Waals surface area contributed by atoms with Crippen LogP contribution in [0, 0.1) is 0 Å². The molecule has 106 heavy (non-hydrogen) atoms. The zero-order valence-electron chi connectivity index (χ0n) is 66.9. The lowest BCUT2D eigenvalue weighted by molar-refractivity contribution is -0.379. The van der Waals surface area contributed by atoms with Gasteiger partial charge in [-0.1, -0.05) is 345 Å². The standard InChI is InChI=1S/C87H161NO18/c1-3-5-7-9-11-13-15-17-19-21-23-25-27-29-31-33-34-35-36-37-39-41-43-45-47-49-51-53-55-57-59-61-63-65-75(93)88-70(71(92)64-62-60-58-56-54-52-50-48-46-44-42-40-38-32-30-28-26-24-22-20-18-16-14-12-10-8-6-4-2)69-101-85-81(99)78(96)83(73(67-90)103-85)106-87-82(100)79(97)84(74(68-91)104-87)105-86-80(98)77(95)76(94)72(66-89)102-86/h15,17,21,23,54,56,62,64,70-74,76-87,89-92,94-100H,3-14,16,18-20,22,24-53,55,57-61,63,65-69H2,1-2H3,(H,88,93)/b17-15-,23-21-,56-54+,64-62+. The van der Waals surface area contributed by atoms with Crippen molar-refractivity contribution in [3.8, 4) is 0 Å². The van der Waals surface area contributed by atoms with Gasteiger partial charge >= 0.3 is 0 Å². The maximum Gasteiger partial charge on any atom is 0.220 e. The summed E-state index contributed by atoms with van der Waals surface area (Å²) in [6, 6.07) is -0.992. The highest BCUT2D eigenvalue weighted by Crippen LogP contribution is 2.33. The normalized spacial score (nSPS) is 25.8. The second-order valence-electron chi connectivity index (χ2n) is 31.3. The third-order valence-corrected chi connectivity index (χ3v) is 21.8. The van der Waals surface area contributed by atoms with Gasteiger partial charge in [-0.05, 0) is 64.2 Å². The molecule has 622 valence electrons. The number of allylic oxidation sites excluding steroid dienone is 7. The smallest absolute Gasteiger partial charge is 0.220 e. The number of carbonyl (C=O) groups is 1. The number of nitrogens with one attached hydrogen (secondary N) is 1. The zero-order valence-corrected chi connectivity index (χ0v) is 66.9. The Morgan fingerprint density at radius 2 is 0.632 bits per heavy atom. The Morgan fingerprint density at radius 3 is 1.00 bits per heavy atom. The number of ether oxygens (including phenoxy) is 6. The number of amides is 1. The summed E-state index contributed by atoms with van der Waals surface area (Å²) in [6.45, 7) is 1.77. The third kappa shape index (κ3) is 46.1. The van der Waals surface area contributed by atoms with Gasteiger partial charge in [0.15, 0.2) is 18.9 Å². The molecule has 0 bridgehead atoms. The van der Waals surface area contributed by atoms with Crippen LogP contribution in [-0.2, 0) is 33.2 Å². The van der Waals surface area contributed by atoms with E-state index in [1.807, 2.05) is 6.08 Å². The molecule has 19 nitrogen and oxygen atoms in total. The summed E-state index contributed by atoms with van der Waals surface area (Å²) < 4.78 is 34.5. The van der Waals surface area contributed by atoms with Crippen LogP contribution in [0.3, 0.4) is 0 Å². The number of hydrogen-bond donors (Lipinski definition) is 12. The molecule has 0 aromatic rings. The van der Waals surface area contributed by atoms with Crippen LogP contribution >= 0.6 is 0 Å². The summed E-state index contributed by atoms with van der Waals surface area (Å²) in [5.74, 6) is -0.279. The van der Waals surface area contributed by atoms with E-state index in [1.54, 1.807) is 6.08 Å². The lowest BCUT2D eigenvalue weighted by Crippen LogP contribution is -2.66. The Hall–Kier alpha value is -2.25. The van der Waals surface area contributed by atoms with E-state index in [0.29, 0.717) is 12.8 Å². The molecule has 0 aliphatic carbocycles. The number of aliphatic hydroxyl groups is 11. The first-order valence-electron chi connectivity index (χ1n) is 43.9. The molecule has 0 aromatic carbocycles. The second kappa shape index (κ2) is 67.3. The molecular formula is C87H161NO18. The Bertz CT molecular complexity index is 2100. The van der Waals surface area contributed by atoms with Crippen LogP contribution in [0.2, 0.25) is 0 Å². The first-order valence-corrected chi connectivity index (χ1v) is 43.9. The van der Waals surface area contributed by atoms with Crippen molar-refractivity contribution in [1.82, 2.24) is 5.32 Å². The summed E-state index contributed by atoms with van der Waals surface area (Å²) >= 11 is 0. The van der Waals surface area contributed by atoms with Gasteiger partial charge in [-0.25, -0.2) is 0 Å². The van der Waals surface area contributed by atoms with E-state index < -0.39 is 124 Å². The van der Waals surface area contributed by atoms with Crippen LogP contribution in [0.15, 0.2) is 48.6 Å². The number of unbranched alkanes of at least 4 members (excludes halogenated alkanes) is 49. The van der Waals surface area contributed by atoms with E-state index in [1.165, 1.54) is 289 Å². The molecule has 3 fully saturated rings. The minimum atomic E-state index is -1.98. The van der Waals surface area contributed by atoms with Crippen molar-refractivity contribution in [2.24, 2.45) is 0 Å². The monoisotopic (exact) mass is 1510 g/mol. The van der Waals surface area contributed by atoms with Crippen LogP contribution in [0.25, 0.3) is 0 Å². The molecule has 3 heterocycles. The predicted molar refractivity (Wildman–Crippen MR) is 425 cm³/mol. The van der Waals surface area contributed by atoms with Crippen molar-refractivity contribution >= 4 is 5.91 Å². The van der Waals surface area contributed by atoms with Gasteiger partial charge < -0.3 is 89.9 Å². The van der Waals surface area contributed by atoms with Gasteiger partial charge in [0.25, 0.3) is 0 Å². The molecule has 3 aliphatic heterocycles. The van der Waals surface area contributed by atoms with E-state index in [-0.39, 0.29) is 18.9 Å². The van der Waals surface area contributed by atoms with E-state index >= 15 is 0 Å². The molecule has 0 aromatic heterocycles. The lowest BCUT2D eigenvalue weighted by Gasteiger charge is -2.48. The highest BCUT2D eigenvalue weighted by Gasteiger charge is 2.54. The van der Waals surface area contributed by atoms with Crippen molar-refractivity contribution in [1.29, 1.82) is 0 Å². The molecule has 19 heteroatoms. The van der Waals surface area contributed by atoms with Gasteiger partial charge in [0.2, 0.25) is 5.91 Å². The van der Waals surface area contributed by atoms with E-state index in [0.717, 1.165) is 44.9 Å². The molecule has 0 saturated carbocycles. The highest BCUT2D eigenvalue weighted by atomic mass is 16.8. The molecule has 1 amide bonds. The average molecular weight is 1510 g/mol. The van der Waals surface area contributed by atoms with Crippen molar-refractivity contribution < 1.29 is 89.4 Å². The molecular weight excluding hydrogens is 1350 g/mol. The number of aliphatic hydroxyl groups excluding tert-OH is 11. The van der Waals surface area contributed by atoms with Crippen LogP contribution in [-0.4, -0.2) is 193 Å². The molecule has 17 atom stereocenters. The fourth-order valence-electron chi connectivity index (χ4n) is 14.8. The quantitative estimate of drug-likeness (QED) is 0.0199. The maximum absolute atomic E-state index is 13.5. The second-order valence-corrected chi connectivity index (χ2v) is 31.3. The Balaban J connectivity index is 1.35. The van der Waals surface area contributed by atoms with E-state index in [4.69, 9.17) is 28.4 Å². The Morgan fingerprint density at radius 1 is 0.340 bits per heavy atom. The number of rotatable bonds is 71. The summed E-state index contributed by atoms with van der Waals surface area (Å²) in [4.78, 5) is 13.5. The summed E-state index contributed by atoms with van der Waals surface area (Å²) in [5, 5.41) is 121. The topological polar surface area (TPSA) is 307 Å². The van der Waals surface area contributed by atoms with Gasteiger partial charge in [-0.2, -0.15) is 0 Å². The molecule has 17 unspecified atom stereocenters. The fraction of sp³-hybridized carbons (Fsp3) is 0.897. The van der Waals surface area contributed by atoms with Crippen LogP contribution in [0.5, 0.6) is 0 Å². The van der Waals surface area contributed by atoms with E-state index in [2.05, 4.69) is 55.6 Å². The van der Waals surface area contributed by atoms with Crippen LogP contribution < -0.4 is 5.32 Å². The SMILES string of the molecule is CCCCCCC/C=C\C/C=C\CCCCCCCCCCCCCCCCCCCCCCCC(=O)NC(COC1OC(CO)C(OC2OC(CO)C(OC3OC(CO)C(O)C(O)C3O)C(O)C2O)C(O)C1O)C(O)/C=C/CC/C=C/CCCCCCCCCCCCCCCCCCCCCCCC.